The van der Waals surface area contributed by atoms with E-state index < -0.39 is 0 Å². The zero-order valence-electron chi connectivity index (χ0n) is 10.4. The Morgan fingerprint density at radius 3 is 3.11 bits per heavy atom. The summed E-state index contributed by atoms with van der Waals surface area (Å²) < 4.78 is 2.58. The van der Waals surface area contributed by atoms with Crippen molar-refractivity contribution in [2.75, 3.05) is 13.1 Å². The minimum atomic E-state index is -0.168. The summed E-state index contributed by atoms with van der Waals surface area (Å²) in [5.74, 6) is 0.391. The first-order valence-corrected chi connectivity index (χ1v) is 7.47. The van der Waals surface area contributed by atoms with Crippen LogP contribution in [0.25, 0.3) is 10.9 Å². The number of carbonyl (C=O) groups excluding carboxylic acids is 1. The summed E-state index contributed by atoms with van der Waals surface area (Å²) in [7, 11) is 0. The molecule has 1 aliphatic heterocycles. The van der Waals surface area contributed by atoms with Gasteiger partial charge in [-0.15, -0.1) is 0 Å². The fourth-order valence-electron chi connectivity index (χ4n) is 2.65. The van der Waals surface area contributed by atoms with Gasteiger partial charge in [-0.2, -0.15) is 5.10 Å². The summed E-state index contributed by atoms with van der Waals surface area (Å²) in [4.78, 5) is 11.7. The van der Waals surface area contributed by atoms with Crippen LogP contribution in [0.1, 0.15) is 34.8 Å². The number of piperidine rings is 1. The number of hydrogen-bond acceptors (Lipinski definition) is 3. The molecular formula is C13H15IN4O. The van der Waals surface area contributed by atoms with Crippen molar-refractivity contribution < 1.29 is 4.79 Å². The summed E-state index contributed by atoms with van der Waals surface area (Å²) in [6.45, 7) is 2.14. The lowest BCUT2D eigenvalue weighted by Gasteiger charge is -2.23. The van der Waals surface area contributed by atoms with Gasteiger partial charge in [0.05, 0.1) is 28.4 Å². The molecular weight excluding hydrogens is 355 g/mol. The summed E-state index contributed by atoms with van der Waals surface area (Å²) in [5, 5.41) is 11.3. The molecule has 0 radical (unpaired) electrons. The molecule has 1 aromatic heterocycles. The number of carbonyl (C=O) groups is 1. The third kappa shape index (κ3) is 2.46. The van der Waals surface area contributed by atoms with Gasteiger partial charge in [0.25, 0.3) is 5.91 Å². The van der Waals surface area contributed by atoms with Crippen LogP contribution in [0.5, 0.6) is 0 Å². The molecule has 1 atom stereocenters. The predicted octanol–water partition coefficient (Wildman–Crippen LogP) is 2.11. The lowest BCUT2D eigenvalue weighted by atomic mass is 9.91. The summed E-state index contributed by atoms with van der Waals surface area (Å²) in [6.07, 6.45) is 2.43. The maximum Gasteiger partial charge on any atom is 0.281 e. The number of nitrogens with zero attached hydrogens (tertiary/aromatic N) is 1. The van der Waals surface area contributed by atoms with E-state index in [-0.39, 0.29) is 5.91 Å². The molecule has 1 aliphatic rings. The number of rotatable bonds is 2. The van der Waals surface area contributed by atoms with Crippen molar-refractivity contribution in [2.45, 2.75) is 18.8 Å². The maximum atomic E-state index is 11.7. The largest absolute Gasteiger partial charge is 0.316 e. The number of nitrogens with one attached hydrogen (secondary N) is 3. The maximum absolute atomic E-state index is 11.7. The van der Waals surface area contributed by atoms with Crippen molar-refractivity contribution in [3.05, 3.63) is 29.5 Å². The quantitative estimate of drug-likeness (QED) is 0.560. The van der Waals surface area contributed by atoms with E-state index in [1.54, 1.807) is 0 Å². The zero-order chi connectivity index (χ0) is 13.2. The molecule has 1 fully saturated rings. The number of aromatic amines is 1. The Hall–Kier alpha value is -1.15. The highest BCUT2D eigenvalue weighted by Gasteiger charge is 2.18. The molecule has 0 saturated carbocycles. The Morgan fingerprint density at radius 2 is 2.37 bits per heavy atom. The van der Waals surface area contributed by atoms with Crippen molar-refractivity contribution in [1.29, 1.82) is 0 Å². The van der Waals surface area contributed by atoms with Crippen LogP contribution >= 0.6 is 22.9 Å². The van der Waals surface area contributed by atoms with Gasteiger partial charge in [0.1, 0.15) is 0 Å². The number of aromatic nitrogens is 2. The van der Waals surface area contributed by atoms with Crippen LogP contribution in [0.15, 0.2) is 18.2 Å². The summed E-state index contributed by atoms with van der Waals surface area (Å²) >= 11 is 1.83. The van der Waals surface area contributed by atoms with Gasteiger partial charge in [-0.1, -0.05) is 12.1 Å². The molecule has 3 N–H and O–H groups in total. The first-order valence-electron chi connectivity index (χ1n) is 6.39. The first kappa shape index (κ1) is 12.9. The van der Waals surface area contributed by atoms with E-state index in [9.17, 15) is 4.79 Å². The van der Waals surface area contributed by atoms with Gasteiger partial charge in [0.15, 0.2) is 5.69 Å². The lowest BCUT2D eigenvalue weighted by molar-refractivity contribution is 0.0986. The standard InChI is InChI=1S/C13H15IN4O/c14-16-13(19)12-10-4-3-8(6-11(10)17-18-12)9-2-1-5-15-7-9/h3-4,6,9,15H,1-2,5,7H2,(H,16,19)(H,17,18). The smallest absolute Gasteiger partial charge is 0.281 e. The van der Waals surface area contributed by atoms with Gasteiger partial charge >= 0.3 is 0 Å². The SMILES string of the molecule is O=C(NI)c1n[nH]c2cc(C3CCCNC3)ccc12. The van der Waals surface area contributed by atoms with E-state index in [1.165, 1.54) is 18.4 Å². The number of amides is 1. The zero-order valence-corrected chi connectivity index (χ0v) is 12.5. The number of fused-ring (bicyclic) bond motifs is 1. The Labute approximate surface area is 125 Å². The molecule has 1 amide bonds. The number of H-pyrrole nitrogens is 1. The van der Waals surface area contributed by atoms with Crippen molar-refractivity contribution in [3.8, 4) is 0 Å². The molecule has 1 aromatic carbocycles. The topological polar surface area (TPSA) is 69.8 Å². The van der Waals surface area contributed by atoms with Crippen LogP contribution in [0.4, 0.5) is 0 Å². The molecule has 0 spiro atoms. The van der Waals surface area contributed by atoms with Crippen LogP contribution in [-0.2, 0) is 0 Å². The normalized spacial score (nSPS) is 19.5. The van der Waals surface area contributed by atoms with Crippen LogP contribution in [0.2, 0.25) is 0 Å². The van der Waals surface area contributed by atoms with E-state index in [0.717, 1.165) is 24.0 Å². The van der Waals surface area contributed by atoms with Crippen molar-refractivity contribution in [1.82, 2.24) is 19.0 Å². The second-order valence-corrected chi connectivity index (χ2v) is 5.38. The molecule has 100 valence electrons. The van der Waals surface area contributed by atoms with Gasteiger partial charge in [0, 0.05) is 11.9 Å². The van der Waals surface area contributed by atoms with Gasteiger partial charge in [0.2, 0.25) is 0 Å². The predicted molar refractivity (Wildman–Crippen MR) is 82.4 cm³/mol. The first-order chi connectivity index (χ1) is 9.29. The van der Waals surface area contributed by atoms with Gasteiger partial charge in [-0.05, 0) is 36.9 Å². The Balaban J connectivity index is 1.95. The molecule has 19 heavy (non-hydrogen) atoms. The highest BCUT2D eigenvalue weighted by molar-refractivity contribution is 14.1. The van der Waals surface area contributed by atoms with Gasteiger partial charge in [-0.25, -0.2) is 0 Å². The number of benzene rings is 1. The van der Waals surface area contributed by atoms with E-state index in [1.807, 2.05) is 28.9 Å². The number of halogens is 1. The van der Waals surface area contributed by atoms with Crippen LogP contribution in [0, 0.1) is 0 Å². The van der Waals surface area contributed by atoms with Gasteiger partial charge in [-0.3, -0.25) is 13.4 Å². The highest BCUT2D eigenvalue weighted by atomic mass is 127. The van der Waals surface area contributed by atoms with Crippen molar-refractivity contribution in [2.24, 2.45) is 0 Å². The second kappa shape index (κ2) is 5.46. The van der Waals surface area contributed by atoms with E-state index in [2.05, 4.69) is 31.2 Å². The average Bonchev–Trinajstić information content (AvgIpc) is 2.90. The monoisotopic (exact) mass is 370 g/mol. The minimum absolute atomic E-state index is 0.168. The molecule has 0 bridgehead atoms. The Morgan fingerprint density at radius 1 is 1.47 bits per heavy atom. The van der Waals surface area contributed by atoms with Crippen LogP contribution in [0.3, 0.4) is 0 Å². The molecule has 2 aromatic rings. The van der Waals surface area contributed by atoms with Gasteiger partial charge < -0.3 is 5.32 Å². The molecule has 0 aliphatic carbocycles. The molecule has 1 saturated heterocycles. The summed E-state index contributed by atoms with van der Waals surface area (Å²) in [5.41, 5.74) is 2.69. The van der Waals surface area contributed by atoms with E-state index >= 15 is 0 Å². The fraction of sp³-hybridized carbons (Fsp3) is 0.385. The molecule has 5 nitrogen and oxygen atoms in total. The third-order valence-electron chi connectivity index (χ3n) is 3.66. The minimum Gasteiger partial charge on any atom is -0.316 e. The van der Waals surface area contributed by atoms with Crippen molar-refractivity contribution in [3.63, 3.8) is 0 Å². The van der Waals surface area contributed by atoms with E-state index in [4.69, 9.17) is 0 Å². The second-order valence-electron chi connectivity index (χ2n) is 4.84. The number of hydrogen-bond donors (Lipinski definition) is 3. The Kier molecular flexibility index (Phi) is 3.69. The van der Waals surface area contributed by atoms with Crippen LogP contribution < -0.4 is 8.85 Å². The average molecular weight is 370 g/mol. The molecule has 2 heterocycles. The lowest BCUT2D eigenvalue weighted by Crippen LogP contribution is -2.28. The molecule has 6 heteroatoms. The molecule has 3 rings (SSSR count). The van der Waals surface area contributed by atoms with E-state index in [0.29, 0.717) is 11.6 Å². The Bertz CT molecular complexity index is 604. The molecule has 1 unspecified atom stereocenters. The van der Waals surface area contributed by atoms with Crippen LogP contribution in [-0.4, -0.2) is 29.2 Å². The third-order valence-corrected chi connectivity index (χ3v) is 4.15. The van der Waals surface area contributed by atoms with Crippen molar-refractivity contribution >= 4 is 39.7 Å². The fourth-order valence-corrected chi connectivity index (χ4v) is 2.90. The summed E-state index contributed by atoms with van der Waals surface area (Å²) in [6, 6.07) is 6.22. The highest BCUT2D eigenvalue weighted by Crippen LogP contribution is 2.26.